The number of rotatable bonds is 3. The second-order valence-electron chi connectivity index (χ2n) is 3.70. The van der Waals surface area contributed by atoms with E-state index < -0.39 is 0 Å². The van der Waals surface area contributed by atoms with Gasteiger partial charge in [-0.15, -0.1) is 0 Å². The lowest BCUT2D eigenvalue weighted by atomic mass is 10.2. The molecule has 0 aliphatic carbocycles. The Morgan fingerprint density at radius 3 is 2.53 bits per heavy atom. The van der Waals surface area contributed by atoms with E-state index in [1.165, 1.54) is 18.2 Å². The van der Waals surface area contributed by atoms with Gasteiger partial charge in [-0.1, -0.05) is 6.07 Å². The molecule has 0 fully saturated rings. The first-order valence-corrected chi connectivity index (χ1v) is 6.83. The van der Waals surface area contributed by atoms with Crippen molar-refractivity contribution in [1.82, 2.24) is 0 Å². The van der Waals surface area contributed by atoms with Crippen LogP contribution in [0.3, 0.4) is 0 Å². The molecular formula is C13H9Br2FN2O. The van der Waals surface area contributed by atoms with Crippen LogP contribution in [0.2, 0.25) is 0 Å². The van der Waals surface area contributed by atoms with Crippen LogP contribution in [0.4, 0.5) is 4.39 Å². The predicted octanol–water partition coefficient (Wildman–Crippen LogP) is 4.43. The highest BCUT2D eigenvalue weighted by Gasteiger charge is 2.12. The normalized spacial score (nSPS) is 10.3. The quantitative estimate of drug-likeness (QED) is 0.604. The Balaban J connectivity index is 2.40. The van der Waals surface area contributed by atoms with Gasteiger partial charge in [0.05, 0.1) is 10.0 Å². The molecule has 0 aliphatic rings. The first-order chi connectivity index (χ1) is 8.99. The highest BCUT2D eigenvalue weighted by Crippen LogP contribution is 2.31. The third kappa shape index (κ3) is 3.13. The van der Waals surface area contributed by atoms with Crippen LogP contribution >= 0.6 is 31.9 Å². The van der Waals surface area contributed by atoms with E-state index >= 15 is 0 Å². The summed E-state index contributed by atoms with van der Waals surface area (Å²) in [6.45, 7) is 0. The van der Waals surface area contributed by atoms with E-state index in [0.717, 1.165) is 0 Å². The van der Waals surface area contributed by atoms with Gasteiger partial charge >= 0.3 is 0 Å². The van der Waals surface area contributed by atoms with E-state index in [1.807, 2.05) is 0 Å². The van der Waals surface area contributed by atoms with Crippen molar-refractivity contribution in [1.29, 1.82) is 5.41 Å². The lowest BCUT2D eigenvalue weighted by Gasteiger charge is -2.12. The molecule has 19 heavy (non-hydrogen) atoms. The Hall–Kier alpha value is -1.40. The van der Waals surface area contributed by atoms with Gasteiger partial charge in [-0.05, 0) is 62.2 Å². The maximum Gasteiger partial charge on any atom is 0.139 e. The summed E-state index contributed by atoms with van der Waals surface area (Å²) in [6.07, 6.45) is 0. The monoisotopic (exact) mass is 386 g/mol. The minimum atomic E-state index is -0.367. The van der Waals surface area contributed by atoms with E-state index in [4.69, 9.17) is 15.9 Å². The van der Waals surface area contributed by atoms with Gasteiger partial charge in [0.15, 0.2) is 0 Å². The van der Waals surface area contributed by atoms with Crippen molar-refractivity contribution in [3.05, 3.63) is 56.7 Å². The Kier molecular flexibility index (Phi) is 4.21. The van der Waals surface area contributed by atoms with Crippen LogP contribution in [0.5, 0.6) is 11.5 Å². The van der Waals surface area contributed by atoms with Crippen molar-refractivity contribution in [2.24, 2.45) is 5.73 Å². The lowest BCUT2D eigenvalue weighted by molar-refractivity contribution is 0.478. The Morgan fingerprint density at radius 1 is 1.16 bits per heavy atom. The molecule has 0 unspecified atom stereocenters. The second kappa shape index (κ2) is 5.71. The molecule has 3 N–H and O–H groups in total. The van der Waals surface area contributed by atoms with Crippen LogP contribution in [0.15, 0.2) is 45.3 Å². The first kappa shape index (κ1) is 14.0. The maximum atomic E-state index is 13.1. The molecule has 0 heterocycles. The van der Waals surface area contributed by atoms with E-state index in [0.29, 0.717) is 26.0 Å². The number of nitrogens with two attached hydrogens (primary N) is 1. The standard InChI is InChI=1S/C13H9Br2FN2O/c14-8-2-1-3-11(12(8)13(17)18)19-7-4-5-10(16)9(15)6-7/h1-6H,(H3,17,18). The molecule has 2 aromatic rings. The lowest BCUT2D eigenvalue weighted by Crippen LogP contribution is -2.13. The minimum absolute atomic E-state index is 0.108. The van der Waals surface area contributed by atoms with Crippen LogP contribution in [-0.2, 0) is 0 Å². The Morgan fingerprint density at radius 2 is 1.89 bits per heavy atom. The number of amidine groups is 1. The number of hydrogen-bond donors (Lipinski definition) is 2. The molecule has 0 saturated carbocycles. The molecule has 0 saturated heterocycles. The van der Waals surface area contributed by atoms with Crippen molar-refractivity contribution in [2.45, 2.75) is 0 Å². The molecule has 3 nitrogen and oxygen atoms in total. The van der Waals surface area contributed by atoms with Gasteiger partial charge in [-0.3, -0.25) is 5.41 Å². The Labute approximate surface area is 126 Å². The average Bonchev–Trinajstić information content (AvgIpc) is 2.33. The van der Waals surface area contributed by atoms with Crippen LogP contribution in [0, 0.1) is 11.2 Å². The third-order valence-corrected chi connectivity index (χ3v) is 3.63. The molecule has 0 radical (unpaired) electrons. The molecule has 0 bridgehead atoms. The summed E-state index contributed by atoms with van der Waals surface area (Å²) in [5.74, 6) is 0.409. The second-order valence-corrected chi connectivity index (χ2v) is 5.41. The zero-order chi connectivity index (χ0) is 14.0. The van der Waals surface area contributed by atoms with Crippen LogP contribution in [0.25, 0.3) is 0 Å². The predicted molar refractivity (Wildman–Crippen MR) is 79.3 cm³/mol. The van der Waals surface area contributed by atoms with E-state index in [1.54, 1.807) is 18.2 Å². The number of nitrogens with one attached hydrogen (secondary N) is 1. The van der Waals surface area contributed by atoms with E-state index in [2.05, 4.69) is 31.9 Å². The van der Waals surface area contributed by atoms with Gasteiger partial charge in [0, 0.05) is 4.47 Å². The van der Waals surface area contributed by atoms with Gasteiger partial charge in [0.1, 0.15) is 23.2 Å². The van der Waals surface area contributed by atoms with Gasteiger partial charge in [-0.25, -0.2) is 4.39 Å². The summed E-state index contributed by atoms with van der Waals surface area (Å²) in [5.41, 5.74) is 5.99. The molecule has 6 heteroatoms. The number of halogens is 3. The maximum absolute atomic E-state index is 13.1. The van der Waals surface area contributed by atoms with Crippen molar-refractivity contribution < 1.29 is 9.13 Å². The van der Waals surface area contributed by atoms with Crippen LogP contribution in [-0.4, -0.2) is 5.84 Å². The highest BCUT2D eigenvalue weighted by atomic mass is 79.9. The molecule has 2 aromatic carbocycles. The number of ether oxygens (including phenoxy) is 1. The van der Waals surface area contributed by atoms with Gasteiger partial charge in [0.2, 0.25) is 0 Å². The summed E-state index contributed by atoms with van der Waals surface area (Å²) in [4.78, 5) is 0. The molecule has 2 rings (SSSR count). The number of hydrogen-bond acceptors (Lipinski definition) is 2. The Bertz CT molecular complexity index is 647. The van der Waals surface area contributed by atoms with Gasteiger partial charge in [0.25, 0.3) is 0 Å². The summed E-state index contributed by atoms with van der Waals surface area (Å²) < 4.78 is 19.8. The van der Waals surface area contributed by atoms with Crippen molar-refractivity contribution >= 4 is 37.7 Å². The van der Waals surface area contributed by atoms with Crippen LogP contribution < -0.4 is 10.5 Å². The summed E-state index contributed by atoms with van der Waals surface area (Å²) in [6, 6.07) is 9.54. The smallest absolute Gasteiger partial charge is 0.139 e. The molecule has 0 aliphatic heterocycles. The fraction of sp³-hybridized carbons (Fsp3) is 0. The van der Waals surface area contributed by atoms with Gasteiger partial charge in [-0.2, -0.15) is 0 Å². The largest absolute Gasteiger partial charge is 0.457 e. The zero-order valence-corrected chi connectivity index (χ0v) is 12.8. The molecule has 0 atom stereocenters. The SMILES string of the molecule is N=C(N)c1c(Br)cccc1Oc1ccc(F)c(Br)c1. The number of nitrogen functional groups attached to an aromatic ring is 1. The van der Waals surface area contributed by atoms with Crippen molar-refractivity contribution in [3.8, 4) is 11.5 Å². The fourth-order valence-electron chi connectivity index (χ4n) is 1.52. The van der Waals surface area contributed by atoms with Crippen molar-refractivity contribution in [2.75, 3.05) is 0 Å². The topological polar surface area (TPSA) is 59.1 Å². The summed E-state index contributed by atoms with van der Waals surface area (Å²) >= 11 is 6.41. The molecule has 0 spiro atoms. The molecule has 98 valence electrons. The first-order valence-electron chi connectivity index (χ1n) is 5.25. The highest BCUT2D eigenvalue weighted by molar-refractivity contribution is 9.10. The third-order valence-electron chi connectivity index (χ3n) is 2.36. The average molecular weight is 388 g/mol. The van der Waals surface area contributed by atoms with E-state index in [9.17, 15) is 4.39 Å². The van der Waals surface area contributed by atoms with E-state index in [-0.39, 0.29) is 11.7 Å². The summed E-state index contributed by atoms with van der Waals surface area (Å²) in [5, 5.41) is 7.56. The molecule has 0 amide bonds. The van der Waals surface area contributed by atoms with Gasteiger partial charge < -0.3 is 10.5 Å². The molecular weight excluding hydrogens is 379 g/mol. The number of benzene rings is 2. The summed E-state index contributed by atoms with van der Waals surface area (Å²) in [7, 11) is 0. The molecule has 0 aromatic heterocycles. The fourth-order valence-corrected chi connectivity index (χ4v) is 2.44. The van der Waals surface area contributed by atoms with Crippen LogP contribution in [0.1, 0.15) is 5.56 Å². The zero-order valence-electron chi connectivity index (χ0n) is 9.58. The van der Waals surface area contributed by atoms with Crippen molar-refractivity contribution in [3.63, 3.8) is 0 Å². The minimum Gasteiger partial charge on any atom is -0.457 e.